The Labute approximate surface area is 252 Å². The molecule has 3 fully saturated rings. The van der Waals surface area contributed by atoms with Crippen molar-refractivity contribution in [2.45, 2.75) is 65.0 Å². The number of fused-ring (bicyclic) bond motifs is 2. The fraction of sp³-hybridized carbons (Fsp3) is 0.529. The number of carboxylic acids is 1. The van der Waals surface area contributed by atoms with Crippen LogP contribution >= 0.6 is 11.3 Å². The van der Waals surface area contributed by atoms with Gasteiger partial charge in [0.15, 0.2) is 5.13 Å². The molecule has 7 rings (SSSR count). The summed E-state index contributed by atoms with van der Waals surface area (Å²) in [6, 6.07) is 11.5. The minimum Gasteiger partial charge on any atom is -0.488 e. The molecule has 1 aliphatic carbocycles. The predicted molar refractivity (Wildman–Crippen MR) is 166 cm³/mol. The van der Waals surface area contributed by atoms with E-state index in [1.165, 1.54) is 22.3 Å². The summed E-state index contributed by atoms with van der Waals surface area (Å²) in [6.07, 6.45) is 6.00. The van der Waals surface area contributed by atoms with E-state index in [0.717, 1.165) is 99.2 Å². The summed E-state index contributed by atoms with van der Waals surface area (Å²) >= 11 is 1.64. The molecule has 0 bridgehead atoms. The van der Waals surface area contributed by atoms with Gasteiger partial charge in [-0.2, -0.15) is 0 Å². The zero-order valence-corrected chi connectivity index (χ0v) is 25.5. The lowest BCUT2D eigenvalue weighted by Crippen LogP contribution is -2.40. The number of aliphatic carboxylic acids is 1. The average molecular weight is 588 g/mol. The number of thiazole rings is 1. The molecule has 1 aromatic heterocycles. The second kappa shape index (κ2) is 11.3. The van der Waals surface area contributed by atoms with Crippen molar-refractivity contribution in [1.29, 1.82) is 0 Å². The van der Waals surface area contributed by atoms with Crippen LogP contribution in [0, 0.1) is 25.2 Å². The summed E-state index contributed by atoms with van der Waals surface area (Å²) in [5, 5.41) is 12.7. The van der Waals surface area contributed by atoms with Crippen molar-refractivity contribution in [1.82, 2.24) is 9.88 Å². The molecule has 7 nitrogen and oxygen atoms in total. The van der Waals surface area contributed by atoms with Crippen LogP contribution in [0.15, 0.2) is 35.7 Å². The van der Waals surface area contributed by atoms with Gasteiger partial charge in [-0.3, -0.25) is 9.69 Å². The minimum absolute atomic E-state index is 0.239. The first kappa shape index (κ1) is 27.9. The number of benzene rings is 2. The van der Waals surface area contributed by atoms with Crippen molar-refractivity contribution in [3.8, 4) is 17.0 Å². The molecule has 4 aliphatic rings. The normalized spacial score (nSPS) is 24.5. The summed E-state index contributed by atoms with van der Waals surface area (Å²) < 4.78 is 12.2. The Hall–Kier alpha value is -2.94. The highest BCUT2D eigenvalue weighted by Crippen LogP contribution is 2.58. The number of carbonyl (C=O) groups is 1. The Morgan fingerprint density at radius 1 is 1.14 bits per heavy atom. The molecule has 3 aromatic rings. The Bertz CT molecular complexity index is 1480. The van der Waals surface area contributed by atoms with Gasteiger partial charge in [0, 0.05) is 56.4 Å². The average Bonchev–Trinajstić information content (AvgIpc) is 3.63. The molecule has 42 heavy (non-hydrogen) atoms. The summed E-state index contributed by atoms with van der Waals surface area (Å²) in [6.45, 7) is 10.5. The van der Waals surface area contributed by atoms with E-state index < -0.39 is 11.4 Å². The summed E-state index contributed by atoms with van der Waals surface area (Å²) in [4.78, 5) is 21.7. The largest absolute Gasteiger partial charge is 0.488 e. The van der Waals surface area contributed by atoms with E-state index in [0.29, 0.717) is 19.1 Å². The molecule has 2 saturated heterocycles. The Balaban J connectivity index is 1.05. The molecular weight excluding hydrogens is 546 g/mol. The van der Waals surface area contributed by atoms with Crippen molar-refractivity contribution in [2.75, 3.05) is 44.3 Å². The number of piperidine rings is 1. The first-order chi connectivity index (χ1) is 20.4. The van der Waals surface area contributed by atoms with Gasteiger partial charge in [0.1, 0.15) is 12.4 Å². The van der Waals surface area contributed by atoms with Gasteiger partial charge in [-0.15, -0.1) is 11.3 Å². The minimum atomic E-state index is -0.629. The molecule has 0 unspecified atom stereocenters. The number of nitrogens with zero attached hydrogens (tertiary/aromatic N) is 3. The molecule has 0 radical (unpaired) electrons. The first-order valence-electron chi connectivity index (χ1n) is 15.5. The Kier molecular flexibility index (Phi) is 7.49. The van der Waals surface area contributed by atoms with Gasteiger partial charge in [0.2, 0.25) is 0 Å². The van der Waals surface area contributed by atoms with Crippen molar-refractivity contribution in [3.05, 3.63) is 63.5 Å². The monoisotopic (exact) mass is 587 g/mol. The van der Waals surface area contributed by atoms with Crippen LogP contribution in [0.2, 0.25) is 0 Å². The van der Waals surface area contributed by atoms with Crippen molar-refractivity contribution in [2.24, 2.45) is 11.3 Å². The number of carboxylic acid groups (broad SMARTS) is 1. The number of aryl methyl sites for hydroxylation is 1. The van der Waals surface area contributed by atoms with E-state index in [1.54, 1.807) is 11.3 Å². The van der Waals surface area contributed by atoms with Gasteiger partial charge in [-0.25, -0.2) is 4.98 Å². The van der Waals surface area contributed by atoms with Crippen molar-refractivity contribution >= 4 is 22.4 Å². The maximum absolute atomic E-state index is 11.7. The van der Waals surface area contributed by atoms with Crippen LogP contribution in [0.5, 0.6) is 5.75 Å². The van der Waals surface area contributed by atoms with Crippen LogP contribution in [-0.2, 0) is 29.0 Å². The second-order valence-corrected chi connectivity index (χ2v) is 13.5. The number of rotatable bonds is 7. The zero-order valence-electron chi connectivity index (χ0n) is 24.7. The van der Waals surface area contributed by atoms with E-state index in [4.69, 9.17) is 14.5 Å². The fourth-order valence-electron chi connectivity index (χ4n) is 7.54. The van der Waals surface area contributed by atoms with E-state index in [9.17, 15) is 9.90 Å². The van der Waals surface area contributed by atoms with E-state index >= 15 is 0 Å². The lowest BCUT2D eigenvalue weighted by atomic mass is 9.94. The molecule has 3 aliphatic heterocycles. The number of aromatic nitrogens is 1. The number of para-hydroxylation sites is 1. The first-order valence-corrected chi connectivity index (χ1v) is 16.4. The van der Waals surface area contributed by atoms with Crippen LogP contribution in [0.4, 0.5) is 5.13 Å². The summed E-state index contributed by atoms with van der Waals surface area (Å²) in [5.41, 5.74) is 8.17. The molecule has 2 aromatic carbocycles. The number of anilines is 1. The summed E-state index contributed by atoms with van der Waals surface area (Å²) in [5.74, 6) is 0.498. The molecule has 8 heteroatoms. The molecule has 222 valence electrons. The van der Waals surface area contributed by atoms with Gasteiger partial charge in [0.05, 0.1) is 11.1 Å². The zero-order chi connectivity index (χ0) is 28.8. The third kappa shape index (κ3) is 5.12. The standard InChI is InChI=1S/C34H41N3O4S/c1-22-4-3-5-29(30-21-42-33(35-30)37-15-12-34(32(38)39)18-26(34)19-37)31(22)41-20-25-7-6-24-8-13-36(14-9-28(24)23(25)2)27-10-16-40-17-11-27/h3-7,21,26-27H,8-20H2,1-2H3,(H,38,39)/t26-,34+/m0/s1. The lowest BCUT2D eigenvalue weighted by Gasteiger charge is -2.33. The highest BCUT2D eigenvalue weighted by atomic mass is 32.1. The van der Waals surface area contributed by atoms with E-state index in [1.807, 2.05) is 0 Å². The second-order valence-electron chi connectivity index (χ2n) is 12.7. The molecular formula is C34H41N3O4S. The Morgan fingerprint density at radius 2 is 1.98 bits per heavy atom. The molecule has 4 heterocycles. The quantitative estimate of drug-likeness (QED) is 0.370. The number of hydrogen-bond acceptors (Lipinski definition) is 7. The number of hydrogen-bond donors (Lipinski definition) is 1. The maximum Gasteiger partial charge on any atom is 0.310 e. The van der Waals surface area contributed by atoms with Gasteiger partial charge in [0.25, 0.3) is 0 Å². The van der Waals surface area contributed by atoms with Crippen LogP contribution in [0.3, 0.4) is 0 Å². The SMILES string of the molecule is Cc1cccc(-c2csc(N3CC[C@@]4(C(=O)O)C[C@H]4C3)n2)c1OCc1ccc2c(c1C)CCN(C1CCOCC1)CC2. The molecule has 0 amide bonds. The third-order valence-electron chi connectivity index (χ3n) is 10.4. The van der Waals surface area contributed by atoms with Crippen LogP contribution in [0.1, 0.15) is 53.5 Å². The van der Waals surface area contributed by atoms with Crippen LogP contribution in [-0.4, -0.2) is 66.4 Å². The maximum atomic E-state index is 11.7. The molecule has 1 saturated carbocycles. The van der Waals surface area contributed by atoms with Crippen LogP contribution < -0.4 is 9.64 Å². The predicted octanol–water partition coefficient (Wildman–Crippen LogP) is 5.89. The van der Waals surface area contributed by atoms with Crippen molar-refractivity contribution in [3.63, 3.8) is 0 Å². The van der Waals surface area contributed by atoms with Gasteiger partial charge in [-0.05, 0) is 92.2 Å². The topological polar surface area (TPSA) is 75.1 Å². The molecule has 0 spiro atoms. The third-order valence-corrected chi connectivity index (χ3v) is 11.3. The van der Waals surface area contributed by atoms with E-state index in [2.05, 4.69) is 59.4 Å². The fourth-order valence-corrected chi connectivity index (χ4v) is 8.40. The van der Waals surface area contributed by atoms with Gasteiger partial charge < -0.3 is 19.5 Å². The molecule has 2 atom stereocenters. The number of ether oxygens (including phenoxy) is 2. The van der Waals surface area contributed by atoms with Gasteiger partial charge >= 0.3 is 5.97 Å². The molecule has 1 N–H and O–H groups in total. The van der Waals surface area contributed by atoms with E-state index in [-0.39, 0.29) is 5.92 Å². The highest BCUT2D eigenvalue weighted by molar-refractivity contribution is 7.14. The van der Waals surface area contributed by atoms with Crippen LogP contribution in [0.25, 0.3) is 11.3 Å². The summed E-state index contributed by atoms with van der Waals surface area (Å²) in [7, 11) is 0. The Morgan fingerprint density at radius 3 is 2.79 bits per heavy atom. The smallest absolute Gasteiger partial charge is 0.310 e. The van der Waals surface area contributed by atoms with Crippen molar-refractivity contribution < 1.29 is 19.4 Å². The highest BCUT2D eigenvalue weighted by Gasteiger charge is 2.62. The van der Waals surface area contributed by atoms with Gasteiger partial charge in [-0.1, -0.05) is 24.3 Å². The lowest BCUT2D eigenvalue weighted by molar-refractivity contribution is -0.144.